The van der Waals surface area contributed by atoms with Crippen LogP contribution in [0.4, 0.5) is 0 Å². The number of rotatable bonds is 1. The lowest BCUT2D eigenvalue weighted by Gasteiger charge is -1.91. The SMILES string of the molecule is Cc1ccc2nc(C(N)=O)cn2n1. The maximum Gasteiger partial charge on any atom is 0.268 e. The molecule has 0 aliphatic carbocycles. The molecule has 0 fully saturated rings. The maximum atomic E-state index is 10.8. The number of aromatic nitrogens is 3. The lowest BCUT2D eigenvalue weighted by Crippen LogP contribution is -2.10. The summed E-state index contributed by atoms with van der Waals surface area (Å²) in [6, 6.07) is 3.61. The first-order chi connectivity index (χ1) is 6.16. The van der Waals surface area contributed by atoms with E-state index in [0.29, 0.717) is 5.65 Å². The van der Waals surface area contributed by atoms with Gasteiger partial charge in [-0.3, -0.25) is 4.79 Å². The summed E-state index contributed by atoms with van der Waals surface area (Å²) < 4.78 is 1.54. The van der Waals surface area contributed by atoms with Crippen molar-refractivity contribution >= 4 is 11.6 Å². The Morgan fingerprint density at radius 2 is 2.31 bits per heavy atom. The molecule has 0 saturated carbocycles. The van der Waals surface area contributed by atoms with Crippen molar-refractivity contribution in [3.05, 3.63) is 29.7 Å². The van der Waals surface area contributed by atoms with Crippen LogP contribution in [0.5, 0.6) is 0 Å². The number of carbonyl (C=O) groups excluding carboxylic acids is 1. The van der Waals surface area contributed by atoms with Gasteiger partial charge in [0.15, 0.2) is 5.65 Å². The Balaban J connectivity index is 2.68. The number of hydrogen-bond acceptors (Lipinski definition) is 3. The van der Waals surface area contributed by atoms with E-state index in [1.807, 2.05) is 13.0 Å². The number of fused-ring (bicyclic) bond motifs is 1. The monoisotopic (exact) mass is 176 g/mol. The van der Waals surface area contributed by atoms with Gasteiger partial charge >= 0.3 is 0 Å². The molecule has 2 rings (SSSR count). The molecule has 0 bridgehead atoms. The lowest BCUT2D eigenvalue weighted by molar-refractivity contribution is 0.0996. The number of primary amides is 1. The van der Waals surface area contributed by atoms with E-state index >= 15 is 0 Å². The van der Waals surface area contributed by atoms with E-state index < -0.39 is 5.91 Å². The molecule has 5 nitrogen and oxygen atoms in total. The van der Waals surface area contributed by atoms with Gasteiger partial charge in [-0.05, 0) is 19.1 Å². The third-order valence-electron chi connectivity index (χ3n) is 1.71. The molecule has 0 aliphatic heterocycles. The smallest absolute Gasteiger partial charge is 0.268 e. The van der Waals surface area contributed by atoms with E-state index in [4.69, 9.17) is 5.73 Å². The van der Waals surface area contributed by atoms with E-state index in [2.05, 4.69) is 10.1 Å². The van der Waals surface area contributed by atoms with Crippen LogP contribution in [-0.4, -0.2) is 20.5 Å². The Morgan fingerprint density at radius 1 is 1.54 bits per heavy atom. The molecule has 5 heteroatoms. The number of nitrogens with two attached hydrogens (primary N) is 1. The van der Waals surface area contributed by atoms with E-state index in [-0.39, 0.29) is 5.69 Å². The first-order valence-electron chi connectivity index (χ1n) is 3.79. The molecular weight excluding hydrogens is 168 g/mol. The summed E-state index contributed by atoms with van der Waals surface area (Å²) in [7, 11) is 0. The van der Waals surface area contributed by atoms with E-state index in [1.165, 1.54) is 10.7 Å². The largest absolute Gasteiger partial charge is 0.364 e. The van der Waals surface area contributed by atoms with Crippen LogP contribution in [0.3, 0.4) is 0 Å². The second kappa shape index (κ2) is 2.55. The van der Waals surface area contributed by atoms with Crippen molar-refractivity contribution < 1.29 is 4.79 Å². The molecule has 0 aromatic carbocycles. The van der Waals surface area contributed by atoms with Crippen molar-refractivity contribution in [3.8, 4) is 0 Å². The molecule has 13 heavy (non-hydrogen) atoms. The lowest BCUT2D eigenvalue weighted by atomic mass is 10.4. The van der Waals surface area contributed by atoms with Crippen molar-refractivity contribution in [2.75, 3.05) is 0 Å². The van der Waals surface area contributed by atoms with Crippen LogP contribution in [-0.2, 0) is 0 Å². The molecule has 0 saturated heterocycles. The second-order valence-corrected chi connectivity index (χ2v) is 2.77. The fourth-order valence-corrected chi connectivity index (χ4v) is 1.10. The Hall–Kier alpha value is -1.91. The molecular formula is C8H8N4O. The third-order valence-corrected chi connectivity index (χ3v) is 1.71. The zero-order valence-electron chi connectivity index (χ0n) is 7.06. The molecule has 66 valence electrons. The molecule has 1 amide bonds. The van der Waals surface area contributed by atoms with Gasteiger partial charge in [-0.25, -0.2) is 9.50 Å². The number of amides is 1. The Morgan fingerprint density at radius 3 is 3.00 bits per heavy atom. The number of aryl methyl sites for hydroxylation is 1. The van der Waals surface area contributed by atoms with Crippen LogP contribution >= 0.6 is 0 Å². The summed E-state index contributed by atoms with van der Waals surface area (Å²) in [5.74, 6) is -0.539. The molecule has 0 atom stereocenters. The average molecular weight is 176 g/mol. The minimum atomic E-state index is -0.539. The highest BCUT2D eigenvalue weighted by molar-refractivity contribution is 5.91. The molecule has 0 spiro atoms. The predicted molar refractivity (Wildman–Crippen MR) is 46.2 cm³/mol. The van der Waals surface area contributed by atoms with Gasteiger partial charge in [-0.2, -0.15) is 5.10 Å². The van der Waals surface area contributed by atoms with Gasteiger partial charge < -0.3 is 5.73 Å². The van der Waals surface area contributed by atoms with Crippen molar-refractivity contribution in [1.82, 2.24) is 14.6 Å². The van der Waals surface area contributed by atoms with Crippen molar-refractivity contribution in [2.45, 2.75) is 6.92 Å². The number of carbonyl (C=O) groups is 1. The topological polar surface area (TPSA) is 73.3 Å². The van der Waals surface area contributed by atoms with Gasteiger partial charge in [-0.1, -0.05) is 0 Å². The van der Waals surface area contributed by atoms with Gasteiger partial charge in [0.1, 0.15) is 5.69 Å². The summed E-state index contributed by atoms with van der Waals surface area (Å²) in [5, 5.41) is 4.13. The highest BCUT2D eigenvalue weighted by Crippen LogP contribution is 2.03. The zero-order chi connectivity index (χ0) is 9.42. The van der Waals surface area contributed by atoms with Crippen LogP contribution in [0.1, 0.15) is 16.2 Å². The standard InChI is InChI=1S/C8H8N4O/c1-5-2-3-7-10-6(8(9)13)4-12(7)11-5/h2-4H,1H3,(H2,9,13). The molecule has 2 aromatic heterocycles. The van der Waals surface area contributed by atoms with Crippen LogP contribution < -0.4 is 5.73 Å². The minimum absolute atomic E-state index is 0.234. The van der Waals surface area contributed by atoms with Crippen molar-refractivity contribution in [2.24, 2.45) is 5.73 Å². The zero-order valence-corrected chi connectivity index (χ0v) is 7.06. The first-order valence-corrected chi connectivity index (χ1v) is 3.79. The van der Waals surface area contributed by atoms with Crippen molar-refractivity contribution in [1.29, 1.82) is 0 Å². The molecule has 2 heterocycles. The number of hydrogen-bond donors (Lipinski definition) is 1. The van der Waals surface area contributed by atoms with Crippen LogP contribution in [0.15, 0.2) is 18.3 Å². The second-order valence-electron chi connectivity index (χ2n) is 2.77. The van der Waals surface area contributed by atoms with Crippen LogP contribution in [0.2, 0.25) is 0 Å². The normalized spacial score (nSPS) is 10.5. The Bertz CT molecular complexity index is 474. The highest BCUT2D eigenvalue weighted by Gasteiger charge is 2.06. The summed E-state index contributed by atoms with van der Waals surface area (Å²) in [4.78, 5) is 14.8. The molecule has 0 aliphatic rings. The molecule has 0 unspecified atom stereocenters. The average Bonchev–Trinajstić information content (AvgIpc) is 2.46. The van der Waals surface area contributed by atoms with Gasteiger partial charge in [0.2, 0.25) is 0 Å². The maximum absolute atomic E-state index is 10.8. The van der Waals surface area contributed by atoms with E-state index in [9.17, 15) is 4.79 Å². The fraction of sp³-hybridized carbons (Fsp3) is 0.125. The molecule has 0 radical (unpaired) electrons. The van der Waals surface area contributed by atoms with Crippen LogP contribution in [0.25, 0.3) is 5.65 Å². The Labute approximate surface area is 74.2 Å². The van der Waals surface area contributed by atoms with Crippen molar-refractivity contribution in [3.63, 3.8) is 0 Å². The number of imidazole rings is 1. The Kier molecular flexibility index (Phi) is 1.51. The fourth-order valence-electron chi connectivity index (χ4n) is 1.10. The van der Waals surface area contributed by atoms with Gasteiger partial charge in [0, 0.05) is 0 Å². The van der Waals surface area contributed by atoms with Crippen LogP contribution in [0, 0.1) is 6.92 Å². The van der Waals surface area contributed by atoms with E-state index in [1.54, 1.807) is 6.07 Å². The summed E-state index contributed by atoms with van der Waals surface area (Å²) in [6.07, 6.45) is 1.52. The van der Waals surface area contributed by atoms with Gasteiger partial charge in [-0.15, -0.1) is 0 Å². The van der Waals surface area contributed by atoms with E-state index in [0.717, 1.165) is 5.69 Å². The third kappa shape index (κ3) is 1.24. The summed E-state index contributed by atoms with van der Waals surface area (Å²) >= 11 is 0. The molecule has 2 N–H and O–H groups in total. The first kappa shape index (κ1) is 7.72. The quantitative estimate of drug-likeness (QED) is 0.671. The van der Waals surface area contributed by atoms with Gasteiger partial charge in [0.05, 0.1) is 11.9 Å². The molecule has 2 aromatic rings. The predicted octanol–water partition coefficient (Wildman–Crippen LogP) is 0.137. The summed E-state index contributed by atoms with van der Waals surface area (Å²) in [5.41, 5.74) is 6.79. The summed E-state index contributed by atoms with van der Waals surface area (Å²) in [6.45, 7) is 1.86. The van der Waals surface area contributed by atoms with Gasteiger partial charge in [0.25, 0.3) is 5.91 Å². The highest BCUT2D eigenvalue weighted by atomic mass is 16.1. The number of nitrogens with zero attached hydrogens (tertiary/aromatic N) is 3. The minimum Gasteiger partial charge on any atom is -0.364 e.